The van der Waals surface area contributed by atoms with Gasteiger partial charge in [0.1, 0.15) is 17.6 Å². The molecular formula is C14H17ClN2O3. The molecule has 1 aromatic heterocycles. The lowest BCUT2D eigenvalue weighted by molar-refractivity contribution is 0.238. The van der Waals surface area contributed by atoms with Gasteiger partial charge < -0.3 is 19.1 Å². The van der Waals surface area contributed by atoms with Crippen molar-refractivity contribution in [2.24, 2.45) is 7.05 Å². The first kappa shape index (κ1) is 14.7. The standard InChI is InChI=1S/C14H17ClN2O3/c1-3-19-11-6-4-5-10(8-18)14(11)20-9-13-16-7-12(15)17(13)2/h4-7,18H,3,8-9H2,1-2H3. The monoisotopic (exact) mass is 296 g/mol. The van der Waals surface area contributed by atoms with Crippen LogP contribution in [0.3, 0.4) is 0 Å². The van der Waals surface area contributed by atoms with E-state index in [0.29, 0.717) is 34.6 Å². The molecule has 2 aromatic rings. The highest BCUT2D eigenvalue weighted by atomic mass is 35.5. The maximum atomic E-state index is 9.39. The van der Waals surface area contributed by atoms with Gasteiger partial charge >= 0.3 is 0 Å². The number of aliphatic hydroxyl groups excluding tert-OH is 1. The summed E-state index contributed by atoms with van der Waals surface area (Å²) in [5.41, 5.74) is 0.677. The van der Waals surface area contributed by atoms with Crippen molar-refractivity contribution in [1.82, 2.24) is 9.55 Å². The van der Waals surface area contributed by atoms with Crippen LogP contribution in [0.4, 0.5) is 0 Å². The summed E-state index contributed by atoms with van der Waals surface area (Å²) < 4.78 is 13.0. The Morgan fingerprint density at radius 1 is 1.35 bits per heavy atom. The third-order valence-corrected chi connectivity index (χ3v) is 3.26. The molecule has 0 unspecified atom stereocenters. The van der Waals surface area contributed by atoms with Gasteiger partial charge in [-0.3, -0.25) is 0 Å². The fraction of sp³-hybridized carbons (Fsp3) is 0.357. The van der Waals surface area contributed by atoms with Crippen molar-refractivity contribution in [3.8, 4) is 11.5 Å². The molecule has 1 N–H and O–H groups in total. The van der Waals surface area contributed by atoms with E-state index in [9.17, 15) is 5.11 Å². The lowest BCUT2D eigenvalue weighted by Gasteiger charge is -2.14. The minimum absolute atomic E-state index is 0.114. The highest BCUT2D eigenvalue weighted by Crippen LogP contribution is 2.32. The molecule has 0 spiro atoms. The van der Waals surface area contributed by atoms with Crippen molar-refractivity contribution in [1.29, 1.82) is 0 Å². The first-order valence-corrected chi connectivity index (χ1v) is 6.69. The largest absolute Gasteiger partial charge is 0.490 e. The van der Waals surface area contributed by atoms with Gasteiger partial charge in [-0.1, -0.05) is 23.7 Å². The minimum atomic E-state index is -0.114. The summed E-state index contributed by atoms with van der Waals surface area (Å²) in [6, 6.07) is 5.42. The lowest BCUT2D eigenvalue weighted by Crippen LogP contribution is -2.06. The Labute approximate surface area is 122 Å². The summed E-state index contributed by atoms with van der Waals surface area (Å²) in [4.78, 5) is 4.16. The predicted molar refractivity (Wildman–Crippen MR) is 76.1 cm³/mol. The van der Waals surface area contributed by atoms with Crippen molar-refractivity contribution in [2.75, 3.05) is 6.61 Å². The van der Waals surface area contributed by atoms with E-state index < -0.39 is 0 Å². The molecule has 0 fully saturated rings. The Kier molecular flexibility index (Phi) is 4.87. The van der Waals surface area contributed by atoms with E-state index >= 15 is 0 Å². The molecule has 0 aliphatic rings. The van der Waals surface area contributed by atoms with E-state index in [0.717, 1.165) is 0 Å². The van der Waals surface area contributed by atoms with E-state index in [-0.39, 0.29) is 13.2 Å². The number of aromatic nitrogens is 2. The average molecular weight is 297 g/mol. The van der Waals surface area contributed by atoms with E-state index in [1.54, 1.807) is 16.8 Å². The van der Waals surface area contributed by atoms with Crippen molar-refractivity contribution < 1.29 is 14.6 Å². The highest BCUT2D eigenvalue weighted by molar-refractivity contribution is 6.29. The summed E-state index contributed by atoms with van der Waals surface area (Å²) in [5.74, 6) is 1.85. The Balaban J connectivity index is 2.21. The number of para-hydroxylation sites is 1. The van der Waals surface area contributed by atoms with Crippen LogP contribution in [0.1, 0.15) is 18.3 Å². The minimum Gasteiger partial charge on any atom is -0.490 e. The molecule has 0 radical (unpaired) electrons. The SMILES string of the molecule is CCOc1cccc(CO)c1OCc1ncc(Cl)n1C. The fourth-order valence-corrected chi connectivity index (χ4v) is 1.96. The van der Waals surface area contributed by atoms with Crippen molar-refractivity contribution >= 4 is 11.6 Å². The number of aliphatic hydroxyl groups is 1. The normalized spacial score (nSPS) is 10.6. The number of benzene rings is 1. The predicted octanol–water partition coefficient (Wildman–Crippen LogP) is 2.54. The van der Waals surface area contributed by atoms with Crippen LogP contribution in [0.25, 0.3) is 0 Å². The van der Waals surface area contributed by atoms with E-state index in [1.165, 1.54) is 0 Å². The van der Waals surface area contributed by atoms with Crippen LogP contribution in [-0.4, -0.2) is 21.3 Å². The van der Waals surface area contributed by atoms with Crippen LogP contribution in [0.15, 0.2) is 24.4 Å². The van der Waals surface area contributed by atoms with Crippen molar-refractivity contribution in [3.05, 3.63) is 40.9 Å². The number of halogens is 1. The van der Waals surface area contributed by atoms with Crippen LogP contribution < -0.4 is 9.47 Å². The Bertz CT molecular complexity index is 584. The molecule has 0 saturated heterocycles. The van der Waals surface area contributed by atoms with Gasteiger partial charge in [-0.2, -0.15) is 0 Å². The zero-order valence-electron chi connectivity index (χ0n) is 11.5. The summed E-state index contributed by atoms with van der Waals surface area (Å²) >= 11 is 5.93. The number of rotatable bonds is 6. The lowest BCUT2D eigenvalue weighted by atomic mass is 10.2. The van der Waals surface area contributed by atoms with Crippen molar-refractivity contribution in [2.45, 2.75) is 20.1 Å². The summed E-state index contributed by atoms with van der Waals surface area (Å²) in [5, 5.41) is 9.93. The molecule has 0 saturated carbocycles. The molecule has 108 valence electrons. The Hall–Kier alpha value is -1.72. The van der Waals surface area contributed by atoms with Gasteiger partial charge in [0.25, 0.3) is 0 Å². The van der Waals surface area contributed by atoms with E-state index in [4.69, 9.17) is 21.1 Å². The second kappa shape index (κ2) is 6.63. The summed E-state index contributed by atoms with van der Waals surface area (Å²) in [6.45, 7) is 2.56. The summed E-state index contributed by atoms with van der Waals surface area (Å²) in [6.07, 6.45) is 1.57. The van der Waals surface area contributed by atoms with Gasteiger partial charge in [0.2, 0.25) is 0 Å². The molecule has 1 aromatic carbocycles. The van der Waals surface area contributed by atoms with Gasteiger partial charge in [-0.25, -0.2) is 4.98 Å². The first-order chi connectivity index (χ1) is 9.67. The first-order valence-electron chi connectivity index (χ1n) is 6.31. The number of imidazole rings is 1. The van der Waals surface area contributed by atoms with Crippen LogP contribution in [-0.2, 0) is 20.3 Å². The maximum absolute atomic E-state index is 9.39. The molecule has 0 aliphatic carbocycles. The Morgan fingerprint density at radius 3 is 2.75 bits per heavy atom. The van der Waals surface area contributed by atoms with Gasteiger partial charge in [0.15, 0.2) is 11.5 Å². The van der Waals surface area contributed by atoms with Gasteiger partial charge in [-0.05, 0) is 13.0 Å². The van der Waals surface area contributed by atoms with Crippen LogP contribution in [0, 0.1) is 0 Å². The average Bonchev–Trinajstić information content (AvgIpc) is 2.77. The fourth-order valence-electron chi connectivity index (χ4n) is 1.81. The third kappa shape index (κ3) is 3.05. The molecule has 0 amide bonds. The van der Waals surface area contributed by atoms with Crippen LogP contribution >= 0.6 is 11.6 Å². The molecule has 1 heterocycles. The topological polar surface area (TPSA) is 56.5 Å². The van der Waals surface area contributed by atoms with Gasteiger partial charge in [0, 0.05) is 12.6 Å². The zero-order chi connectivity index (χ0) is 14.5. The molecule has 0 bridgehead atoms. The number of hydrogen-bond acceptors (Lipinski definition) is 4. The summed E-state index contributed by atoms with van der Waals surface area (Å²) in [7, 11) is 1.81. The maximum Gasteiger partial charge on any atom is 0.167 e. The van der Waals surface area contributed by atoms with Crippen molar-refractivity contribution in [3.63, 3.8) is 0 Å². The quantitative estimate of drug-likeness (QED) is 0.890. The van der Waals surface area contributed by atoms with Gasteiger partial charge in [-0.15, -0.1) is 0 Å². The second-order valence-corrected chi connectivity index (χ2v) is 4.57. The van der Waals surface area contributed by atoms with Crippen LogP contribution in [0.2, 0.25) is 5.15 Å². The van der Waals surface area contributed by atoms with Crippen LogP contribution in [0.5, 0.6) is 11.5 Å². The molecule has 0 atom stereocenters. The molecule has 6 heteroatoms. The number of nitrogens with zero attached hydrogens (tertiary/aromatic N) is 2. The third-order valence-electron chi connectivity index (χ3n) is 2.90. The Morgan fingerprint density at radius 2 is 2.15 bits per heavy atom. The molecule has 5 nitrogen and oxygen atoms in total. The van der Waals surface area contributed by atoms with E-state index in [2.05, 4.69) is 4.98 Å². The smallest absolute Gasteiger partial charge is 0.167 e. The van der Waals surface area contributed by atoms with Gasteiger partial charge in [0.05, 0.1) is 19.4 Å². The molecule has 0 aliphatic heterocycles. The molecular weight excluding hydrogens is 280 g/mol. The number of ether oxygens (including phenoxy) is 2. The van der Waals surface area contributed by atoms with E-state index in [1.807, 2.05) is 26.1 Å². The second-order valence-electron chi connectivity index (χ2n) is 4.18. The number of hydrogen-bond donors (Lipinski definition) is 1. The zero-order valence-corrected chi connectivity index (χ0v) is 12.2. The molecule has 2 rings (SSSR count). The molecule has 20 heavy (non-hydrogen) atoms. The highest BCUT2D eigenvalue weighted by Gasteiger charge is 2.12.